The van der Waals surface area contributed by atoms with Crippen molar-refractivity contribution in [2.45, 2.75) is 25.3 Å². The van der Waals surface area contributed by atoms with E-state index in [-0.39, 0.29) is 5.91 Å². The maximum Gasteiger partial charge on any atom is 0.224 e. The number of carbonyl (C=O) groups is 1. The van der Waals surface area contributed by atoms with Gasteiger partial charge in [-0.15, -0.1) is 10.2 Å². The number of nitrogens with zero attached hydrogens (tertiary/aromatic N) is 5. The third kappa shape index (κ3) is 3.56. The van der Waals surface area contributed by atoms with E-state index in [1.807, 2.05) is 60.3 Å². The van der Waals surface area contributed by atoms with E-state index in [4.69, 9.17) is 0 Å². The standard InChI is InChI=1S/C21H21N7O/c1-27-19(10-11-22-27)24-18-8-9-20(26-25-18)28-13-14(12-21(29)23-15-6-7-15)16-4-2-3-5-17(16)28/h2-5,8-11,13,15H,6-7,12H2,1H3,(H,23,29)(H,24,25). The average molecular weight is 387 g/mol. The Morgan fingerprint density at radius 3 is 2.72 bits per heavy atom. The minimum Gasteiger partial charge on any atom is -0.353 e. The first-order valence-corrected chi connectivity index (χ1v) is 9.65. The van der Waals surface area contributed by atoms with Gasteiger partial charge in [0.15, 0.2) is 11.6 Å². The maximum absolute atomic E-state index is 12.3. The maximum atomic E-state index is 12.3. The minimum atomic E-state index is 0.0669. The van der Waals surface area contributed by atoms with Gasteiger partial charge in [-0.2, -0.15) is 5.10 Å². The number of rotatable bonds is 6. The summed E-state index contributed by atoms with van der Waals surface area (Å²) in [7, 11) is 1.86. The third-order valence-electron chi connectivity index (χ3n) is 5.06. The van der Waals surface area contributed by atoms with Crippen molar-refractivity contribution in [1.29, 1.82) is 0 Å². The molecule has 0 spiro atoms. The number of fused-ring (bicyclic) bond motifs is 1. The largest absolute Gasteiger partial charge is 0.353 e. The van der Waals surface area contributed by atoms with Crippen molar-refractivity contribution in [1.82, 2.24) is 29.9 Å². The molecule has 1 fully saturated rings. The zero-order chi connectivity index (χ0) is 19.8. The van der Waals surface area contributed by atoms with Gasteiger partial charge in [-0.25, -0.2) is 0 Å². The fourth-order valence-electron chi connectivity index (χ4n) is 3.41. The molecule has 1 aliphatic carbocycles. The topological polar surface area (TPSA) is 89.7 Å². The van der Waals surface area contributed by atoms with Crippen molar-refractivity contribution < 1.29 is 4.79 Å². The van der Waals surface area contributed by atoms with Crippen molar-refractivity contribution in [3.05, 3.63) is 60.4 Å². The van der Waals surface area contributed by atoms with E-state index < -0.39 is 0 Å². The van der Waals surface area contributed by atoms with Crippen molar-refractivity contribution in [2.75, 3.05) is 5.32 Å². The Balaban J connectivity index is 1.43. The number of amides is 1. The third-order valence-corrected chi connectivity index (χ3v) is 5.06. The van der Waals surface area contributed by atoms with Gasteiger partial charge >= 0.3 is 0 Å². The van der Waals surface area contributed by atoms with E-state index in [2.05, 4.69) is 25.9 Å². The smallest absolute Gasteiger partial charge is 0.224 e. The predicted octanol–water partition coefficient (Wildman–Crippen LogP) is 2.72. The molecule has 8 heteroatoms. The second kappa shape index (κ2) is 7.05. The van der Waals surface area contributed by atoms with Gasteiger partial charge in [0.1, 0.15) is 5.82 Å². The van der Waals surface area contributed by atoms with E-state index >= 15 is 0 Å². The molecule has 0 unspecified atom stereocenters. The molecule has 0 atom stereocenters. The zero-order valence-corrected chi connectivity index (χ0v) is 16.0. The lowest BCUT2D eigenvalue weighted by Gasteiger charge is -2.07. The predicted molar refractivity (Wildman–Crippen MR) is 110 cm³/mol. The number of nitrogens with one attached hydrogen (secondary N) is 2. The number of hydrogen-bond donors (Lipinski definition) is 2. The number of hydrogen-bond acceptors (Lipinski definition) is 5. The monoisotopic (exact) mass is 387 g/mol. The molecule has 0 radical (unpaired) electrons. The number of para-hydroxylation sites is 1. The second-order valence-electron chi connectivity index (χ2n) is 7.30. The van der Waals surface area contributed by atoms with Crippen LogP contribution < -0.4 is 10.6 Å². The summed E-state index contributed by atoms with van der Waals surface area (Å²) in [5, 5.41) is 20.1. The van der Waals surface area contributed by atoms with E-state index in [1.54, 1.807) is 10.9 Å². The molecule has 146 valence electrons. The zero-order valence-electron chi connectivity index (χ0n) is 16.0. The van der Waals surface area contributed by atoms with Crippen LogP contribution in [0.1, 0.15) is 18.4 Å². The highest BCUT2D eigenvalue weighted by atomic mass is 16.1. The van der Waals surface area contributed by atoms with Gasteiger partial charge < -0.3 is 10.6 Å². The fourth-order valence-corrected chi connectivity index (χ4v) is 3.41. The molecule has 1 aromatic carbocycles. The number of anilines is 2. The number of carbonyl (C=O) groups excluding carboxylic acids is 1. The lowest BCUT2D eigenvalue weighted by molar-refractivity contribution is -0.120. The first-order chi connectivity index (χ1) is 14.2. The Hall–Kier alpha value is -3.68. The van der Waals surface area contributed by atoms with Gasteiger partial charge in [0, 0.05) is 30.7 Å². The molecular weight excluding hydrogens is 366 g/mol. The second-order valence-corrected chi connectivity index (χ2v) is 7.30. The molecule has 3 heterocycles. The molecule has 5 rings (SSSR count). The highest BCUT2D eigenvalue weighted by molar-refractivity contribution is 5.90. The minimum absolute atomic E-state index is 0.0669. The fraction of sp³-hybridized carbons (Fsp3) is 0.238. The van der Waals surface area contributed by atoms with Gasteiger partial charge in [-0.05, 0) is 36.6 Å². The molecular formula is C21H21N7O. The first kappa shape index (κ1) is 17.4. The van der Waals surface area contributed by atoms with Crippen LogP contribution in [0.3, 0.4) is 0 Å². The van der Waals surface area contributed by atoms with Crippen LogP contribution in [-0.2, 0) is 18.3 Å². The SMILES string of the molecule is Cn1nccc1Nc1ccc(-n2cc(CC(=O)NC3CC3)c3ccccc32)nn1. The quantitative estimate of drug-likeness (QED) is 0.531. The number of aryl methyl sites for hydroxylation is 1. The van der Waals surface area contributed by atoms with Gasteiger partial charge in [-0.3, -0.25) is 14.0 Å². The molecule has 8 nitrogen and oxygen atoms in total. The molecule has 1 aliphatic rings. The Bertz CT molecular complexity index is 1170. The van der Waals surface area contributed by atoms with Crippen molar-refractivity contribution in [2.24, 2.45) is 7.05 Å². The van der Waals surface area contributed by atoms with Crippen LogP contribution in [0.15, 0.2) is 54.9 Å². The summed E-state index contributed by atoms with van der Waals surface area (Å²) in [6.07, 6.45) is 6.23. The van der Waals surface area contributed by atoms with Crippen LogP contribution in [0.4, 0.5) is 11.6 Å². The molecule has 29 heavy (non-hydrogen) atoms. The molecule has 0 saturated heterocycles. The van der Waals surface area contributed by atoms with E-state index in [0.29, 0.717) is 24.1 Å². The van der Waals surface area contributed by atoms with Crippen molar-refractivity contribution in [3.8, 4) is 5.82 Å². The van der Waals surface area contributed by atoms with Crippen LogP contribution in [0, 0.1) is 0 Å². The Kier molecular flexibility index (Phi) is 4.23. The first-order valence-electron chi connectivity index (χ1n) is 9.65. The van der Waals surface area contributed by atoms with Crippen LogP contribution in [0.5, 0.6) is 0 Å². The number of benzene rings is 1. The lowest BCUT2D eigenvalue weighted by atomic mass is 10.1. The van der Waals surface area contributed by atoms with Gasteiger partial charge in [0.25, 0.3) is 0 Å². The molecule has 2 N–H and O–H groups in total. The normalized spacial score (nSPS) is 13.6. The molecule has 1 amide bonds. The lowest BCUT2D eigenvalue weighted by Crippen LogP contribution is -2.26. The van der Waals surface area contributed by atoms with Crippen LogP contribution >= 0.6 is 0 Å². The summed E-state index contributed by atoms with van der Waals surface area (Å²) in [6, 6.07) is 14.1. The molecule has 3 aromatic heterocycles. The van der Waals surface area contributed by atoms with Gasteiger partial charge in [0.05, 0.1) is 18.1 Å². The summed E-state index contributed by atoms with van der Waals surface area (Å²) in [4.78, 5) is 12.3. The molecule has 0 bridgehead atoms. The molecule has 1 saturated carbocycles. The van der Waals surface area contributed by atoms with E-state index in [9.17, 15) is 4.79 Å². The molecule has 4 aromatic rings. The molecule has 0 aliphatic heterocycles. The summed E-state index contributed by atoms with van der Waals surface area (Å²) in [5.74, 6) is 2.24. The van der Waals surface area contributed by atoms with Crippen LogP contribution in [0.2, 0.25) is 0 Å². The summed E-state index contributed by atoms with van der Waals surface area (Å²) in [5.41, 5.74) is 1.99. The van der Waals surface area contributed by atoms with E-state index in [1.165, 1.54) is 0 Å². The highest BCUT2D eigenvalue weighted by Crippen LogP contribution is 2.25. The summed E-state index contributed by atoms with van der Waals surface area (Å²) < 4.78 is 3.71. The van der Waals surface area contributed by atoms with Crippen LogP contribution in [-0.4, -0.2) is 36.5 Å². The Labute approximate surface area is 167 Å². The summed E-state index contributed by atoms with van der Waals surface area (Å²) >= 11 is 0. The average Bonchev–Trinajstić information content (AvgIpc) is 3.34. The van der Waals surface area contributed by atoms with Crippen LogP contribution in [0.25, 0.3) is 16.7 Å². The van der Waals surface area contributed by atoms with Crippen molar-refractivity contribution in [3.63, 3.8) is 0 Å². The summed E-state index contributed by atoms with van der Waals surface area (Å²) in [6.45, 7) is 0. The van der Waals surface area contributed by atoms with Gasteiger partial charge in [-0.1, -0.05) is 18.2 Å². The Morgan fingerprint density at radius 2 is 2.00 bits per heavy atom. The number of aromatic nitrogens is 5. The van der Waals surface area contributed by atoms with Gasteiger partial charge in [0.2, 0.25) is 5.91 Å². The highest BCUT2D eigenvalue weighted by Gasteiger charge is 2.24. The Morgan fingerprint density at radius 1 is 1.14 bits per heavy atom. The van der Waals surface area contributed by atoms with E-state index in [0.717, 1.165) is 35.1 Å². The van der Waals surface area contributed by atoms with Crippen molar-refractivity contribution >= 4 is 28.4 Å².